The van der Waals surface area contributed by atoms with E-state index in [0.29, 0.717) is 21.9 Å². The summed E-state index contributed by atoms with van der Waals surface area (Å²) in [5, 5.41) is 9.84. The van der Waals surface area contributed by atoms with Crippen LogP contribution >= 0.6 is 0 Å². The molecule has 0 saturated heterocycles. The van der Waals surface area contributed by atoms with Gasteiger partial charge in [-0.15, -0.1) is 0 Å². The largest absolute Gasteiger partial charge is 0.417 e. The summed E-state index contributed by atoms with van der Waals surface area (Å²) < 4.78 is 83.3. The van der Waals surface area contributed by atoms with Crippen molar-refractivity contribution in [3.05, 3.63) is 71.8 Å². The molecule has 3 amide bonds. The predicted octanol–water partition coefficient (Wildman–Crippen LogP) is 4.04. The highest BCUT2D eigenvalue weighted by atomic mass is 19.4. The molecule has 4 rings (SSSR count). The Morgan fingerprint density at radius 2 is 1.15 bits per heavy atom. The zero-order chi connectivity index (χ0) is 25.0. The molecule has 0 aromatic heterocycles. The molecule has 6 nitrogen and oxygen atoms in total. The van der Waals surface area contributed by atoms with Crippen molar-refractivity contribution in [3.8, 4) is 11.1 Å². The third kappa shape index (κ3) is 3.96. The molecule has 0 spiro atoms. The first-order chi connectivity index (χ1) is 15.8. The van der Waals surface area contributed by atoms with Crippen molar-refractivity contribution in [1.29, 1.82) is 0 Å². The molecule has 2 aromatic carbocycles. The summed E-state index contributed by atoms with van der Waals surface area (Å²) in [7, 11) is 0. The zero-order valence-corrected chi connectivity index (χ0v) is 16.7. The van der Waals surface area contributed by atoms with Crippen molar-refractivity contribution in [3.63, 3.8) is 0 Å². The Kier molecular flexibility index (Phi) is 5.35. The van der Waals surface area contributed by atoms with Gasteiger partial charge in [0.05, 0.1) is 16.8 Å². The first kappa shape index (κ1) is 23.2. The van der Waals surface area contributed by atoms with E-state index >= 15 is 0 Å². The fourth-order valence-electron chi connectivity index (χ4n) is 3.69. The smallest absolute Gasteiger partial charge is 0.369 e. The number of rotatable bonds is 3. The maximum atomic E-state index is 13.9. The normalized spacial score (nSPS) is 18.6. The van der Waals surface area contributed by atoms with Gasteiger partial charge in [-0.2, -0.15) is 26.3 Å². The number of carbonyl (C=O) groups excluding carboxylic acids is 3. The van der Waals surface area contributed by atoms with Gasteiger partial charge in [0.1, 0.15) is 0 Å². The van der Waals surface area contributed by atoms with Crippen LogP contribution in [0.3, 0.4) is 0 Å². The van der Waals surface area contributed by atoms with E-state index in [1.54, 1.807) is 0 Å². The van der Waals surface area contributed by atoms with Crippen LogP contribution in [0.1, 0.15) is 11.1 Å². The van der Waals surface area contributed by atoms with Crippen LogP contribution in [0.15, 0.2) is 60.7 Å². The first-order valence-electron chi connectivity index (χ1n) is 9.47. The summed E-state index contributed by atoms with van der Waals surface area (Å²) in [6, 6.07) is 4.29. The summed E-state index contributed by atoms with van der Waals surface area (Å²) in [6.45, 7) is 0. The average Bonchev–Trinajstić information content (AvgIpc) is 3.26. The van der Waals surface area contributed by atoms with Crippen LogP contribution in [0, 0.1) is 0 Å². The minimum absolute atomic E-state index is 0.372. The molecular formula is C22H12F6N2O4. The average molecular weight is 482 g/mol. The van der Waals surface area contributed by atoms with Gasteiger partial charge in [-0.3, -0.25) is 19.3 Å². The number of nitrogens with zero attached hydrogens (tertiary/aromatic N) is 2. The summed E-state index contributed by atoms with van der Waals surface area (Å²) in [5.74, 6) is -2.59. The first-order valence-corrected chi connectivity index (χ1v) is 9.47. The number of hydrogen-bond acceptors (Lipinski definition) is 4. The van der Waals surface area contributed by atoms with Crippen LogP contribution in [0.4, 0.5) is 37.7 Å². The standard InChI is InChI=1S/C22H12F6N2O4/c23-21(24,25)15-9-11(29-17(31)5-6-18(29)32)1-3-13(15)14-4-2-12(10-16(14)22(26,27)28)30-19(33)7-8-20(30)34/h1-10,17,31H. The second-order valence-electron chi connectivity index (χ2n) is 7.28. The number of benzene rings is 2. The highest BCUT2D eigenvalue weighted by Gasteiger charge is 2.40. The number of imide groups is 1. The number of alkyl halides is 6. The molecule has 176 valence electrons. The molecule has 2 heterocycles. The van der Waals surface area contributed by atoms with Crippen LogP contribution < -0.4 is 9.80 Å². The maximum Gasteiger partial charge on any atom is 0.417 e. The Balaban J connectivity index is 1.89. The molecule has 2 aromatic rings. The molecule has 0 bridgehead atoms. The van der Waals surface area contributed by atoms with Gasteiger partial charge in [0.15, 0.2) is 6.23 Å². The summed E-state index contributed by atoms with van der Waals surface area (Å²) in [5.41, 5.74) is -5.52. The van der Waals surface area contributed by atoms with Gasteiger partial charge in [0.2, 0.25) is 0 Å². The van der Waals surface area contributed by atoms with E-state index in [1.165, 1.54) is 0 Å². The van der Waals surface area contributed by atoms with E-state index in [0.717, 1.165) is 48.6 Å². The Hall–Kier alpha value is -3.93. The molecule has 1 unspecified atom stereocenters. The van der Waals surface area contributed by atoms with Gasteiger partial charge < -0.3 is 5.11 Å². The van der Waals surface area contributed by atoms with Gasteiger partial charge in [-0.25, -0.2) is 4.90 Å². The van der Waals surface area contributed by atoms with Crippen LogP contribution in [0.2, 0.25) is 0 Å². The Morgan fingerprint density at radius 3 is 1.59 bits per heavy atom. The van der Waals surface area contributed by atoms with Crippen LogP contribution in [0.25, 0.3) is 11.1 Å². The van der Waals surface area contributed by atoms with E-state index < -0.39 is 64.2 Å². The molecule has 0 aliphatic carbocycles. The predicted molar refractivity (Wildman–Crippen MR) is 106 cm³/mol. The second-order valence-corrected chi connectivity index (χ2v) is 7.28. The number of halogens is 6. The minimum atomic E-state index is -5.14. The Bertz CT molecular complexity index is 1260. The second kappa shape index (κ2) is 7.83. The van der Waals surface area contributed by atoms with E-state index in [4.69, 9.17) is 0 Å². The number of hydrogen-bond donors (Lipinski definition) is 1. The molecule has 34 heavy (non-hydrogen) atoms. The number of aliphatic hydroxyl groups excluding tert-OH is 1. The number of carbonyl (C=O) groups is 3. The molecule has 0 radical (unpaired) electrons. The van der Waals surface area contributed by atoms with E-state index in [9.17, 15) is 45.8 Å². The van der Waals surface area contributed by atoms with E-state index in [-0.39, 0.29) is 5.69 Å². The van der Waals surface area contributed by atoms with Crippen molar-refractivity contribution >= 4 is 29.1 Å². The van der Waals surface area contributed by atoms with Gasteiger partial charge in [-0.1, -0.05) is 12.1 Å². The van der Waals surface area contributed by atoms with Gasteiger partial charge in [0.25, 0.3) is 17.7 Å². The Morgan fingerprint density at radius 1 is 0.676 bits per heavy atom. The maximum absolute atomic E-state index is 13.9. The quantitative estimate of drug-likeness (QED) is 0.529. The lowest BCUT2D eigenvalue weighted by molar-refractivity contribution is -0.139. The molecule has 0 saturated carbocycles. The third-order valence-electron chi connectivity index (χ3n) is 5.17. The van der Waals surface area contributed by atoms with Crippen LogP contribution in [-0.2, 0) is 26.7 Å². The summed E-state index contributed by atoms with van der Waals surface area (Å²) in [6.07, 6.45) is -8.11. The number of aliphatic hydroxyl groups is 1. The van der Waals surface area contributed by atoms with Crippen LogP contribution in [0.5, 0.6) is 0 Å². The fraction of sp³-hybridized carbons (Fsp3) is 0.136. The number of anilines is 2. The lowest BCUT2D eigenvalue weighted by Gasteiger charge is -2.24. The van der Waals surface area contributed by atoms with Crippen molar-refractivity contribution in [1.82, 2.24) is 0 Å². The highest BCUT2D eigenvalue weighted by molar-refractivity contribution is 6.28. The monoisotopic (exact) mass is 482 g/mol. The van der Waals surface area contributed by atoms with Gasteiger partial charge in [-0.05, 0) is 41.5 Å². The number of amides is 3. The SMILES string of the molecule is O=C1C=CC(=O)N1c1ccc(-c2ccc(N3C(=O)C=CC3O)cc2C(F)(F)F)c(C(F)(F)F)c1. The fourth-order valence-corrected chi connectivity index (χ4v) is 3.69. The molecular weight excluding hydrogens is 470 g/mol. The zero-order valence-electron chi connectivity index (χ0n) is 16.7. The summed E-state index contributed by atoms with van der Waals surface area (Å²) in [4.78, 5) is 36.7. The lowest BCUT2D eigenvalue weighted by atomic mass is 9.93. The molecule has 2 aliphatic heterocycles. The van der Waals surface area contributed by atoms with E-state index in [2.05, 4.69) is 0 Å². The molecule has 1 atom stereocenters. The van der Waals surface area contributed by atoms with E-state index in [1.807, 2.05) is 0 Å². The summed E-state index contributed by atoms with van der Waals surface area (Å²) >= 11 is 0. The van der Waals surface area contributed by atoms with Crippen molar-refractivity contribution < 1.29 is 45.8 Å². The third-order valence-corrected chi connectivity index (χ3v) is 5.17. The van der Waals surface area contributed by atoms with Crippen LogP contribution in [-0.4, -0.2) is 29.1 Å². The topological polar surface area (TPSA) is 77.9 Å². The van der Waals surface area contributed by atoms with Crippen molar-refractivity contribution in [2.24, 2.45) is 0 Å². The highest BCUT2D eigenvalue weighted by Crippen LogP contribution is 2.45. The molecule has 12 heteroatoms. The minimum Gasteiger partial charge on any atom is -0.369 e. The molecule has 2 aliphatic rings. The van der Waals surface area contributed by atoms with Gasteiger partial charge >= 0.3 is 12.4 Å². The molecule has 1 N–H and O–H groups in total. The molecule has 0 fully saturated rings. The van der Waals surface area contributed by atoms with Crippen molar-refractivity contribution in [2.45, 2.75) is 18.6 Å². The van der Waals surface area contributed by atoms with Gasteiger partial charge in [0, 0.05) is 23.9 Å². The lowest BCUT2D eigenvalue weighted by Crippen LogP contribution is -2.33. The Labute approximate surface area is 187 Å². The van der Waals surface area contributed by atoms with Crippen molar-refractivity contribution in [2.75, 3.05) is 9.80 Å².